The molecule has 2 aliphatic heterocycles. The van der Waals surface area contributed by atoms with Crippen molar-refractivity contribution < 1.29 is 5.11 Å². The van der Waals surface area contributed by atoms with E-state index < -0.39 is 0 Å². The van der Waals surface area contributed by atoms with Gasteiger partial charge in [-0.2, -0.15) is 0 Å². The smallest absolute Gasteiger partial charge is 0.0564 e. The molecule has 88 valence electrons. The number of aliphatic hydroxyl groups excluding tert-OH is 1. The molecule has 0 saturated carbocycles. The van der Waals surface area contributed by atoms with Crippen LogP contribution in [0.1, 0.15) is 38.5 Å². The molecule has 2 saturated heterocycles. The molecule has 0 aromatic rings. The summed E-state index contributed by atoms with van der Waals surface area (Å²) in [5, 5.41) is 13.0. The minimum absolute atomic E-state index is 0.0333. The summed E-state index contributed by atoms with van der Waals surface area (Å²) in [7, 11) is 0. The zero-order valence-corrected chi connectivity index (χ0v) is 9.62. The van der Waals surface area contributed by atoms with Crippen molar-refractivity contribution in [1.82, 2.24) is 10.2 Å². The van der Waals surface area contributed by atoms with Gasteiger partial charge in [0.25, 0.3) is 0 Å². The molecule has 2 fully saturated rings. The minimum atomic E-state index is -0.0333. The highest BCUT2D eigenvalue weighted by Crippen LogP contribution is 2.14. The molecule has 15 heavy (non-hydrogen) atoms. The maximum absolute atomic E-state index is 9.40. The van der Waals surface area contributed by atoms with Crippen LogP contribution in [0.25, 0.3) is 0 Å². The van der Waals surface area contributed by atoms with Crippen molar-refractivity contribution >= 4 is 0 Å². The summed E-state index contributed by atoms with van der Waals surface area (Å²) in [5.41, 5.74) is 0. The number of hydrogen-bond donors (Lipinski definition) is 2. The van der Waals surface area contributed by atoms with Gasteiger partial charge in [0.15, 0.2) is 0 Å². The molecule has 2 rings (SSSR count). The van der Waals surface area contributed by atoms with Crippen molar-refractivity contribution in [2.45, 2.75) is 50.7 Å². The maximum atomic E-state index is 9.40. The number of aliphatic hydroxyl groups is 1. The number of rotatable bonds is 3. The predicted octanol–water partition coefficient (Wildman–Crippen LogP) is 0.975. The van der Waals surface area contributed by atoms with Crippen LogP contribution in [0.3, 0.4) is 0 Å². The van der Waals surface area contributed by atoms with E-state index in [1.165, 1.54) is 38.8 Å². The summed E-state index contributed by atoms with van der Waals surface area (Å²) in [6.07, 6.45) is 7.31. The fourth-order valence-corrected chi connectivity index (χ4v) is 2.65. The molecule has 1 atom stereocenters. The van der Waals surface area contributed by atoms with Crippen molar-refractivity contribution in [2.24, 2.45) is 0 Å². The van der Waals surface area contributed by atoms with Crippen molar-refractivity contribution in [2.75, 3.05) is 26.2 Å². The second-order valence-corrected chi connectivity index (χ2v) is 5.01. The number of likely N-dealkylation sites (tertiary alicyclic amines) is 1. The average Bonchev–Trinajstić information content (AvgIpc) is 2.30. The molecule has 0 aromatic carbocycles. The summed E-state index contributed by atoms with van der Waals surface area (Å²) in [6, 6.07) is 0.755. The van der Waals surface area contributed by atoms with Crippen molar-refractivity contribution in [3.63, 3.8) is 0 Å². The van der Waals surface area contributed by atoms with Crippen molar-refractivity contribution in [1.29, 1.82) is 0 Å². The van der Waals surface area contributed by atoms with Crippen LogP contribution in [0.4, 0.5) is 0 Å². The third kappa shape index (κ3) is 3.74. The summed E-state index contributed by atoms with van der Waals surface area (Å²) >= 11 is 0. The summed E-state index contributed by atoms with van der Waals surface area (Å²) < 4.78 is 0. The van der Waals surface area contributed by atoms with E-state index in [1.54, 1.807) is 0 Å². The van der Waals surface area contributed by atoms with Gasteiger partial charge in [0.05, 0.1) is 6.10 Å². The fraction of sp³-hybridized carbons (Fsp3) is 1.00. The molecular weight excluding hydrogens is 188 g/mol. The van der Waals surface area contributed by atoms with E-state index in [9.17, 15) is 5.11 Å². The van der Waals surface area contributed by atoms with E-state index in [0.717, 1.165) is 32.0 Å². The van der Waals surface area contributed by atoms with Gasteiger partial charge in [-0.3, -0.25) is 0 Å². The lowest BCUT2D eigenvalue weighted by Gasteiger charge is -2.31. The second-order valence-electron chi connectivity index (χ2n) is 5.01. The second kappa shape index (κ2) is 5.83. The first-order chi connectivity index (χ1) is 7.34. The van der Waals surface area contributed by atoms with Crippen LogP contribution in [-0.4, -0.2) is 48.3 Å². The number of nitrogens with zero attached hydrogens (tertiary/aromatic N) is 1. The Bertz CT molecular complexity index is 172. The zero-order chi connectivity index (χ0) is 10.5. The van der Waals surface area contributed by atoms with Gasteiger partial charge in [0.1, 0.15) is 0 Å². The summed E-state index contributed by atoms with van der Waals surface area (Å²) in [6.45, 7) is 4.61. The highest BCUT2D eigenvalue weighted by atomic mass is 16.3. The van der Waals surface area contributed by atoms with Gasteiger partial charge in [-0.05, 0) is 45.2 Å². The standard InChI is InChI=1S/C12H24N2O/c15-12-5-9-14(10-6-12)8-4-11-3-1-2-7-13-11/h11-13,15H,1-10H2/t11-/m0/s1. The van der Waals surface area contributed by atoms with Crippen LogP contribution >= 0.6 is 0 Å². The van der Waals surface area contributed by atoms with E-state index >= 15 is 0 Å². The van der Waals surface area contributed by atoms with E-state index in [1.807, 2.05) is 0 Å². The fourth-order valence-electron chi connectivity index (χ4n) is 2.65. The molecule has 2 heterocycles. The molecule has 2 aliphatic rings. The molecule has 0 bridgehead atoms. The van der Waals surface area contributed by atoms with E-state index in [2.05, 4.69) is 10.2 Å². The number of hydrogen-bond acceptors (Lipinski definition) is 3. The quantitative estimate of drug-likeness (QED) is 0.732. The SMILES string of the molecule is OC1CCN(CC[C@@H]2CCCCN2)CC1. The van der Waals surface area contributed by atoms with Gasteiger partial charge in [-0.15, -0.1) is 0 Å². The molecule has 3 nitrogen and oxygen atoms in total. The first-order valence-corrected chi connectivity index (χ1v) is 6.48. The normalized spacial score (nSPS) is 30.6. The third-order valence-corrected chi connectivity index (χ3v) is 3.76. The third-order valence-electron chi connectivity index (χ3n) is 3.76. The maximum Gasteiger partial charge on any atom is 0.0564 e. The van der Waals surface area contributed by atoms with Gasteiger partial charge in [-0.1, -0.05) is 6.42 Å². The lowest BCUT2D eigenvalue weighted by atomic mass is 10.0. The Morgan fingerprint density at radius 1 is 1.13 bits per heavy atom. The van der Waals surface area contributed by atoms with E-state index in [-0.39, 0.29) is 6.10 Å². The van der Waals surface area contributed by atoms with E-state index in [4.69, 9.17) is 0 Å². The Morgan fingerprint density at radius 2 is 1.93 bits per heavy atom. The van der Waals surface area contributed by atoms with Crippen molar-refractivity contribution in [3.8, 4) is 0 Å². The van der Waals surface area contributed by atoms with Crippen LogP contribution in [0.15, 0.2) is 0 Å². The Kier molecular flexibility index (Phi) is 4.42. The summed E-state index contributed by atoms with van der Waals surface area (Å²) in [5.74, 6) is 0. The van der Waals surface area contributed by atoms with Crippen LogP contribution in [-0.2, 0) is 0 Å². The monoisotopic (exact) mass is 212 g/mol. The highest BCUT2D eigenvalue weighted by molar-refractivity contribution is 4.76. The van der Waals surface area contributed by atoms with Crippen molar-refractivity contribution in [3.05, 3.63) is 0 Å². The highest BCUT2D eigenvalue weighted by Gasteiger charge is 2.18. The minimum Gasteiger partial charge on any atom is -0.393 e. The Morgan fingerprint density at radius 3 is 2.60 bits per heavy atom. The van der Waals surface area contributed by atoms with Crippen LogP contribution in [0.2, 0.25) is 0 Å². The Labute approximate surface area is 92.8 Å². The molecule has 0 amide bonds. The van der Waals surface area contributed by atoms with Gasteiger partial charge >= 0.3 is 0 Å². The van der Waals surface area contributed by atoms with Gasteiger partial charge in [-0.25, -0.2) is 0 Å². The van der Waals surface area contributed by atoms with Crippen LogP contribution in [0.5, 0.6) is 0 Å². The first-order valence-electron chi connectivity index (χ1n) is 6.48. The van der Waals surface area contributed by atoms with E-state index in [0.29, 0.717) is 0 Å². The Balaban J connectivity index is 1.60. The van der Waals surface area contributed by atoms with Gasteiger partial charge < -0.3 is 15.3 Å². The lowest BCUT2D eigenvalue weighted by molar-refractivity contribution is 0.0801. The van der Waals surface area contributed by atoms with Gasteiger partial charge in [0, 0.05) is 19.1 Å². The van der Waals surface area contributed by atoms with Gasteiger partial charge in [0.2, 0.25) is 0 Å². The molecule has 0 aromatic heterocycles. The predicted molar refractivity (Wildman–Crippen MR) is 61.9 cm³/mol. The lowest BCUT2D eigenvalue weighted by Crippen LogP contribution is -2.40. The largest absolute Gasteiger partial charge is 0.393 e. The van der Waals surface area contributed by atoms with Crippen LogP contribution in [0, 0.1) is 0 Å². The van der Waals surface area contributed by atoms with Crippen LogP contribution < -0.4 is 5.32 Å². The molecule has 0 aliphatic carbocycles. The Hall–Kier alpha value is -0.120. The molecule has 3 heteroatoms. The topological polar surface area (TPSA) is 35.5 Å². The molecule has 2 N–H and O–H groups in total. The number of nitrogens with one attached hydrogen (secondary N) is 1. The average molecular weight is 212 g/mol. The first kappa shape index (κ1) is 11.4. The molecule has 0 radical (unpaired) electrons. The molecule has 0 spiro atoms. The molecule has 0 unspecified atom stereocenters. The molecular formula is C12H24N2O. The summed E-state index contributed by atoms with van der Waals surface area (Å²) in [4.78, 5) is 2.50. The zero-order valence-electron chi connectivity index (χ0n) is 9.62. The number of piperidine rings is 2.